The smallest absolute Gasteiger partial charge is 0.305 e. The quantitative estimate of drug-likeness (QED) is 0.328. The van der Waals surface area contributed by atoms with Gasteiger partial charge in [0.15, 0.2) is 5.60 Å². The average molecular weight is 399 g/mol. The Morgan fingerprint density at radius 3 is 2.31 bits per heavy atom. The molecule has 0 saturated carbocycles. The zero-order chi connectivity index (χ0) is 21.1. The molecule has 0 spiro atoms. The fourth-order valence-electron chi connectivity index (χ4n) is 4.34. The SMILES string of the molecule is CC(=O)OC(OC(C)=O)[C@@]12C=C[C@H](O1)[C@H]1C(=O)N(c3ccc(C)c(C)c3)C(=O)[C@H]12. The summed E-state index contributed by atoms with van der Waals surface area (Å²) in [5, 5.41) is 0. The molecule has 3 aliphatic heterocycles. The Morgan fingerprint density at radius 1 is 1.07 bits per heavy atom. The minimum atomic E-state index is -1.53. The summed E-state index contributed by atoms with van der Waals surface area (Å²) in [6.45, 7) is 6.17. The average Bonchev–Trinajstić information content (AvgIpc) is 3.28. The maximum absolute atomic E-state index is 13.4. The summed E-state index contributed by atoms with van der Waals surface area (Å²) in [5.74, 6) is -3.99. The standard InChI is InChI=1S/C21H21NO7/c1-10-5-6-14(9-11(10)2)22-18(25)16-15-7-8-21(29-15,17(16)19(22)26)20(27-12(3)23)28-13(4)24/h5-9,15-17,20H,1-4H3/t15-,16+,17-,21-/m0/s1. The summed E-state index contributed by atoms with van der Waals surface area (Å²) in [5.41, 5.74) is 0.932. The van der Waals surface area contributed by atoms with Gasteiger partial charge in [-0.05, 0) is 43.2 Å². The lowest BCUT2D eigenvalue weighted by Gasteiger charge is -2.34. The summed E-state index contributed by atoms with van der Waals surface area (Å²) >= 11 is 0. The number of amides is 2. The van der Waals surface area contributed by atoms with Crippen LogP contribution in [0.1, 0.15) is 25.0 Å². The maximum atomic E-state index is 13.4. The van der Waals surface area contributed by atoms with E-state index < -0.39 is 47.7 Å². The summed E-state index contributed by atoms with van der Waals surface area (Å²) in [7, 11) is 0. The molecule has 0 aromatic heterocycles. The molecule has 8 nitrogen and oxygen atoms in total. The van der Waals surface area contributed by atoms with Crippen LogP contribution in [0.25, 0.3) is 0 Å². The Morgan fingerprint density at radius 2 is 1.72 bits per heavy atom. The van der Waals surface area contributed by atoms with Crippen molar-refractivity contribution in [1.82, 2.24) is 0 Å². The van der Waals surface area contributed by atoms with Crippen LogP contribution in [0.2, 0.25) is 0 Å². The minimum Gasteiger partial charge on any atom is -0.422 e. The molecule has 152 valence electrons. The molecule has 0 N–H and O–H groups in total. The number of benzene rings is 1. The predicted molar refractivity (Wildman–Crippen MR) is 99.5 cm³/mol. The molecule has 2 bridgehead atoms. The zero-order valence-electron chi connectivity index (χ0n) is 16.5. The van der Waals surface area contributed by atoms with Crippen LogP contribution in [0, 0.1) is 25.7 Å². The molecule has 1 aromatic carbocycles. The van der Waals surface area contributed by atoms with Gasteiger partial charge in [-0.25, -0.2) is 4.90 Å². The number of hydrogen-bond donors (Lipinski definition) is 0. The Labute approximate surface area is 167 Å². The molecule has 1 aromatic rings. The molecule has 2 amide bonds. The third-order valence-corrected chi connectivity index (χ3v) is 5.74. The van der Waals surface area contributed by atoms with Gasteiger partial charge in [0.1, 0.15) is 0 Å². The number of carbonyl (C=O) groups is 4. The number of nitrogens with zero attached hydrogens (tertiary/aromatic N) is 1. The highest BCUT2D eigenvalue weighted by Gasteiger charge is 2.72. The minimum absolute atomic E-state index is 0.385. The van der Waals surface area contributed by atoms with Crippen LogP contribution < -0.4 is 4.90 Å². The predicted octanol–water partition coefficient (Wildman–Crippen LogP) is 1.57. The number of imide groups is 1. The van der Waals surface area contributed by atoms with E-state index in [4.69, 9.17) is 14.2 Å². The van der Waals surface area contributed by atoms with Crippen molar-refractivity contribution in [2.24, 2.45) is 11.8 Å². The van der Waals surface area contributed by atoms with Gasteiger partial charge in [-0.1, -0.05) is 12.1 Å². The summed E-state index contributed by atoms with van der Waals surface area (Å²) < 4.78 is 16.3. The number of hydrogen-bond acceptors (Lipinski definition) is 7. The van der Waals surface area contributed by atoms with Crippen molar-refractivity contribution in [1.29, 1.82) is 0 Å². The first kappa shape index (κ1) is 19.3. The molecule has 29 heavy (non-hydrogen) atoms. The number of carbonyl (C=O) groups excluding carboxylic acids is 4. The number of anilines is 1. The van der Waals surface area contributed by atoms with E-state index in [2.05, 4.69) is 0 Å². The second-order valence-electron chi connectivity index (χ2n) is 7.63. The molecule has 2 saturated heterocycles. The molecule has 0 radical (unpaired) electrons. The molecule has 0 aliphatic carbocycles. The van der Waals surface area contributed by atoms with Crippen LogP contribution in [0.3, 0.4) is 0 Å². The van der Waals surface area contributed by atoms with E-state index in [1.54, 1.807) is 24.3 Å². The van der Waals surface area contributed by atoms with Gasteiger partial charge in [0, 0.05) is 13.8 Å². The van der Waals surface area contributed by atoms with Crippen molar-refractivity contribution >= 4 is 29.4 Å². The fraction of sp³-hybridized carbons (Fsp3) is 0.429. The number of rotatable bonds is 4. The molecular formula is C21H21NO7. The van der Waals surface area contributed by atoms with Gasteiger partial charge < -0.3 is 14.2 Å². The van der Waals surface area contributed by atoms with Crippen LogP contribution in [0.15, 0.2) is 30.4 Å². The highest BCUT2D eigenvalue weighted by atomic mass is 16.7. The van der Waals surface area contributed by atoms with Gasteiger partial charge in [-0.2, -0.15) is 0 Å². The van der Waals surface area contributed by atoms with Crippen LogP contribution >= 0.6 is 0 Å². The Kier molecular flexibility index (Phi) is 4.34. The van der Waals surface area contributed by atoms with Crippen molar-refractivity contribution in [3.8, 4) is 0 Å². The van der Waals surface area contributed by atoms with Crippen molar-refractivity contribution in [3.63, 3.8) is 0 Å². The Balaban J connectivity index is 1.75. The van der Waals surface area contributed by atoms with Crippen LogP contribution in [0.4, 0.5) is 5.69 Å². The van der Waals surface area contributed by atoms with E-state index >= 15 is 0 Å². The molecule has 0 unspecified atom stereocenters. The van der Waals surface area contributed by atoms with E-state index in [-0.39, 0.29) is 5.91 Å². The molecule has 3 aliphatic rings. The molecule has 4 atom stereocenters. The van der Waals surface area contributed by atoms with Gasteiger partial charge >= 0.3 is 11.9 Å². The van der Waals surface area contributed by atoms with Crippen molar-refractivity contribution in [2.75, 3.05) is 4.90 Å². The second-order valence-corrected chi connectivity index (χ2v) is 7.63. The second kappa shape index (κ2) is 6.52. The lowest BCUT2D eigenvalue weighted by Crippen LogP contribution is -2.52. The molecule has 4 rings (SSSR count). The molecule has 3 heterocycles. The molecule has 8 heteroatoms. The number of fused-ring (bicyclic) bond motifs is 5. The Bertz CT molecular complexity index is 952. The molecular weight excluding hydrogens is 378 g/mol. The summed E-state index contributed by atoms with van der Waals surface area (Å²) in [4.78, 5) is 50.9. The summed E-state index contributed by atoms with van der Waals surface area (Å²) in [6.07, 6.45) is 1.08. The Hall–Kier alpha value is -3.00. The van der Waals surface area contributed by atoms with Crippen LogP contribution in [-0.2, 0) is 33.4 Å². The lowest BCUT2D eigenvalue weighted by molar-refractivity contribution is -0.226. The lowest BCUT2D eigenvalue weighted by atomic mass is 9.76. The van der Waals surface area contributed by atoms with Crippen molar-refractivity contribution in [2.45, 2.75) is 45.7 Å². The van der Waals surface area contributed by atoms with Gasteiger partial charge in [-0.15, -0.1) is 0 Å². The largest absolute Gasteiger partial charge is 0.422 e. The van der Waals surface area contributed by atoms with Crippen LogP contribution in [-0.4, -0.2) is 41.7 Å². The number of aryl methyl sites for hydroxylation is 2. The first-order valence-electron chi connectivity index (χ1n) is 9.32. The first-order chi connectivity index (χ1) is 13.7. The van der Waals surface area contributed by atoms with E-state index in [0.29, 0.717) is 5.69 Å². The fourth-order valence-corrected chi connectivity index (χ4v) is 4.34. The monoisotopic (exact) mass is 399 g/mol. The zero-order valence-corrected chi connectivity index (χ0v) is 16.5. The van der Waals surface area contributed by atoms with Crippen LogP contribution in [0.5, 0.6) is 0 Å². The van der Waals surface area contributed by atoms with E-state index in [9.17, 15) is 19.2 Å². The van der Waals surface area contributed by atoms with Crippen molar-refractivity contribution in [3.05, 3.63) is 41.5 Å². The van der Waals surface area contributed by atoms with E-state index in [0.717, 1.165) is 16.0 Å². The molecule has 2 fully saturated rings. The van der Waals surface area contributed by atoms with Gasteiger partial charge in [0.25, 0.3) is 6.29 Å². The third kappa shape index (κ3) is 2.78. The number of ether oxygens (including phenoxy) is 3. The highest BCUT2D eigenvalue weighted by Crippen LogP contribution is 2.54. The van der Waals surface area contributed by atoms with E-state index in [1.807, 2.05) is 19.9 Å². The van der Waals surface area contributed by atoms with Gasteiger partial charge in [0.05, 0.1) is 23.6 Å². The van der Waals surface area contributed by atoms with E-state index in [1.165, 1.54) is 13.8 Å². The third-order valence-electron chi connectivity index (χ3n) is 5.74. The first-order valence-corrected chi connectivity index (χ1v) is 9.32. The highest BCUT2D eigenvalue weighted by molar-refractivity contribution is 6.23. The topological polar surface area (TPSA) is 99.2 Å². The van der Waals surface area contributed by atoms with Gasteiger partial charge in [0.2, 0.25) is 11.8 Å². The van der Waals surface area contributed by atoms with Crippen molar-refractivity contribution < 1.29 is 33.4 Å². The summed E-state index contributed by atoms with van der Waals surface area (Å²) in [6, 6.07) is 5.35. The van der Waals surface area contributed by atoms with Gasteiger partial charge in [-0.3, -0.25) is 19.2 Å². The number of esters is 2. The maximum Gasteiger partial charge on any atom is 0.305 e. The normalized spacial score (nSPS) is 29.6.